The third-order valence-corrected chi connectivity index (χ3v) is 4.18. The number of Topliss-reactive ketones (excluding diaryl/α,β-unsaturated/α-hetero) is 1. The molecule has 0 radical (unpaired) electrons. The molecule has 0 saturated carbocycles. The minimum absolute atomic E-state index is 0.187. The SMILES string of the molecule is Cc1cccc(C(=O)CSc2ccc(C)c(C)c2)c1. The quantitative estimate of drug-likeness (QED) is 0.597. The highest BCUT2D eigenvalue weighted by Gasteiger charge is 2.07. The molecule has 0 aliphatic rings. The van der Waals surface area contributed by atoms with Gasteiger partial charge in [-0.1, -0.05) is 29.8 Å². The average Bonchev–Trinajstić information content (AvgIpc) is 2.40. The van der Waals surface area contributed by atoms with Crippen molar-refractivity contribution in [2.24, 2.45) is 0 Å². The maximum atomic E-state index is 12.1. The van der Waals surface area contributed by atoms with E-state index in [-0.39, 0.29) is 5.78 Å². The Bertz CT molecular complexity index is 602. The number of ketones is 1. The molecular weight excluding hydrogens is 252 g/mol. The van der Waals surface area contributed by atoms with Crippen LogP contribution in [0.25, 0.3) is 0 Å². The van der Waals surface area contributed by atoms with E-state index in [0.29, 0.717) is 5.75 Å². The molecule has 2 rings (SSSR count). The number of hydrogen-bond donors (Lipinski definition) is 0. The van der Waals surface area contributed by atoms with Gasteiger partial charge < -0.3 is 0 Å². The lowest BCUT2D eigenvalue weighted by atomic mass is 10.1. The third-order valence-electron chi connectivity index (χ3n) is 3.19. The number of benzene rings is 2. The van der Waals surface area contributed by atoms with Crippen molar-refractivity contribution in [1.82, 2.24) is 0 Å². The molecule has 0 fully saturated rings. The molecule has 0 N–H and O–H groups in total. The molecule has 0 aliphatic heterocycles. The fourth-order valence-corrected chi connectivity index (χ4v) is 2.74. The highest BCUT2D eigenvalue weighted by atomic mass is 32.2. The second-order valence-corrected chi connectivity index (χ2v) is 5.88. The average molecular weight is 270 g/mol. The van der Waals surface area contributed by atoms with Crippen molar-refractivity contribution >= 4 is 17.5 Å². The van der Waals surface area contributed by atoms with Gasteiger partial charge in [-0.3, -0.25) is 4.79 Å². The summed E-state index contributed by atoms with van der Waals surface area (Å²) in [5.74, 6) is 0.679. The van der Waals surface area contributed by atoms with Crippen molar-refractivity contribution in [1.29, 1.82) is 0 Å². The van der Waals surface area contributed by atoms with Crippen LogP contribution in [0.2, 0.25) is 0 Å². The molecule has 0 aromatic heterocycles. The maximum Gasteiger partial charge on any atom is 0.173 e. The summed E-state index contributed by atoms with van der Waals surface area (Å²) in [7, 11) is 0. The highest BCUT2D eigenvalue weighted by Crippen LogP contribution is 2.22. The van der Waals surface area contributed by atoms with Gasteiger partial charge in [0.05, 0.1) is 5.75 Å². The Hall–Kier alpha value is -1.54. The van der Waals surface area contributed by atoms with Crippen LogP contribution in [0.3, 0.4) is 0 Å². The lowest BCUT2D eigenvalue weighted by molar-refractivity contribution is 0.102. The zero-order valence-corrected chi connectivity index (χ0v) is 12.4. The lowest BCUT2D eigenvalue weighted by Gasteiger charge is -2.05. The van der Waals surface area contributed by atoms with Crippen LogP contribution in [-0.2, 0) is 0 Å². The normalized spacial score (nSPS) is 10.5. The third kappa shape index (κ3) is 3.71. The Labute approximate surface area is 119 Å². The van der Waals surface area contributed by atoms with Crippen LogP contribution < -0.4 is 0 Å². The van der Waals surface area contributed by atoms with Crippen molar-refractivity contribution in [2.45, 2.75) is 25.7 Å². The number of aryl methyl sites for hydroxylation is 3. The molecule has 0 atom stereocenters. The van der Waals surface area contributed by atoms with Gasteiger partial charge in [-0.2, -0.15) is 0 Å². The van der Waals surface area contributed by atoms with Crippen LogP contribution in [0.5, 0.6) is 0 Å². The van der Waals surface area contributed by atoms with E-state index in [1.165, 1.54) is 11.1 Å². The zero-order valence-electron chi connectivity index (χ0n) is 11.6. The predicted octanol–water partition coefficient (Wildman–Crippen LogP) is 4.59. The second-order valence-electron chi connectivity index (χ2n) is 4.83. The molecule has 0 spiro atoms. The predicted molar refractivity (Wildman–Crippen MR) is 82.1 cm³/mol. The van der Waals surface area contributed by atoms with E-state index in [4.69, 9.17) is 0 Å². The summed E-state index contributed by atoms with van der Waals surface area (Å²) in [5, 5.41) is 0. The first-order chi connectivity index (χ1) is 9.06. The number of rotatable bonds is 4. The molecule has 0 aliphatic carbocycles. The Kier molecular flexibility index (Phi) is 4.43. The molecule has 0 bridgehead atoms. The van der Waals surface area contributed by atoms with Gasteiger partial charge in [0.2, 0.25) is 0 Å². The number of carbonyl (C=O) groups is 1. The van der Waals surface area contributed by atoms with Gasteiger partial charge >= 0.3 is 0 Å². The maximum absolute atomic E-state index is 12.1. The number of thioether (sulfide) groups is 1. The van der Waals surface area contributed by atoms with E-state index >= 15 is 0 Å². The van der Waals surface area contributed by atoms with Crippen molar-refractivity contribution in [3.63, 3.8) is 0 Å². The first-order valence-corrected chi connectivity index (χ1v) is 7.35. The van der Waals surface area contributed by atoms with E-state index in [1.807, 2.05) is 31.2 Å². The van der Waals surface area contributed by atoms with Crippen molar-refractivity contribution in [3.8, 4) is 0 Å². The first-order valence-electron chi connectivity index (χ1n) is 6.36. The Morgan fingerprint density at radius 1 is 1.00 bits per heavy atom. The van der Waals surface area contributed by atoms with Crippen LogP contribution >= 0.6 is 11.8 Å². The number of carbonyl (C=O) groups excluding carboxylic acids is 1. The van der Waals surface area contributed by atoms with E-state index < -0.39 is 0 Å². The first kappa shape index (κ1) is 13.9. The van der Waals surface area contributed by atoms with Gasteiger partial charge in [-0.15, -0.1) is 11.8 Å². The summed E-state index contributed by atoms with van der Waals surface area (Å²) in [5.41, 5.74) is 4.49. The van der Waals surface area contributed by atoms with Crippen molar-refractivity contribution in [3.05, 3.63) is 64.7 Å². The van der Waals surface area contributed by atoms with Crippen molar-refractivity contribution in [2.75, 3.05) is 5.75 Å². The second kappa shape index (κ2) is 6.07. The standard InChI is InChI=1S/C17H18OS/c1-12-5-4-6-15(9-12)17(18)11-19-16-8-7-13(2)14(3)10-16/h4-10H,11H2,1-3H3. The molecule has 0 amide bonds. The van der Waals surface area contributed by atoms with Crippen LogP contribution in [-0.4, -0.2) is 11.5 Å². The monoisotopic (exact) mass is 270 g/mol. The van der Waals surface area contributed by atoms with Crippen LogP contribution in [0.1, 0.15) is 27.0 Å². The molecular formula is C17H18OS. The number of hydrogen-bond acceptors (Lipinski definition) is 2. The van der Waals surface area contributed by atoms with Crippen LogP contribution in [0, 0.1) is 20.8 Å². The molecule has 0 unspecified atom stereocenters. The summed E-state index contributed by atoms with van der Waals surface area (Å²) in [6.07, 6.45) is 0. The summed E-state index contributed by atoms with van der Waals surface area (Å²) in [6, 6.07) is 14.1. The van der Waals surface area contributed by atoms with Gasteiger partial charge in [-0.05, 0) is 50.1 Å². The highest BCUT2D eigenvalue weighted by molar-refractivity contribution is 8.00. The summed E-state index contributed by atoms with van der Waals surface area (Å²) in [6.45, 7) is 6.21. The van der Waals surface area contributed by atoms with Gasteiger partial charge in [0.1, 0.15) is 0 Å². The van der Waals surface area contributed by atoms with Gasteiger partial charge in [-0.25, -0.2) is 0 Å². The van der Waals surface area contributed by atoms with E-state index in [1.54, 1.807) is 11.8 Å². The summed E-state index contributed by atoms with van der Waals surface area (Å²) in [4.78, 5) is 13.3. The molecule has 0 heterocycles. The molecule has 0 saturated heterocycles. The Balaban J connectivity index is 2.02. The largest absolute Gasteiger partial charge is 0.293 e. The topological polar surface area (TPSA) is 17.1 Å². The zero-order chi connectivity index (χ0) is 13.8. The lowest BCUT2D eigenvalue weighted by Crippen LogP contribution is -2.02. The summed E-state index contributed by atoms with van der Waals surface area (Å²) < 4.78 is 0. The minimum atomic E-state index is 0.187. The molecule has 98 valence electrons. The molecule has 1 nitrogen and oxygen atoms in total. The molecule has 2 aromatic carbocycles. The van der Waals surface area contributed by atoms with E-state index in [9.17, 15) is 4.79 Å². The fourth-order valence-electron chi connectivity index (χ4n) is 1.85. The van der Waals surface area contributed by atoms with Crippen LogP contribution in [0.15, 0.2) is 47.4 Å². The van der Waals surface area contributed by atoms with E-state index in [2.05, 4.69) is 32.0 Å². The molecule has 2 aromatic rings. The summed E-state index contributed by atoms with van der Waals surface area (Å²) >= 11 is 1.60. The fraction of sp³-hybridized carbons (Fsp3) is 0.235. The van der Waals surface area contributed by atoms with Crippen molar-refractivity contribution < 1.29 is 4.79 Å². The molecule has 19 heavy (non-hydrogen) atoms. The van der Waals surface area contributed by atoms with E-state index in [0.717, 1.165) is 16.0 Å². The van der Waals surface area contributed by atoms with Gasteiger partial charge in [0.15, 0.2) is 5.78 Å². The van der Waals surface area contributed by atoms with Crippen LogP contribution in [0.4, 0.5) is 0 Å². The Morgan fingerprint density at radius 3 is 2.47 bits per heavy atom. The smallest absolute Gasteiger partial charge is 0.173 e. The molecule has 2 heteroatoms. The van der Waals surface area contributed by atoms with Gasteiger partial charge in [0.25, 0.3) is 0 Å². The van der Waals surface area contributed by atoms with Gasteiger partial charge in [0, 0.05) is 10.5 Å². The Morgan fingerprint density at radius 2 is 1.79 bits per heavy atom. The minimum Gasteiger partial charge on any atom is -0.293 e.